The standard InChI is InChI=1S/C9H6N4.H2/c10-7-8-1-3-9(4-2-8)13-6-5-11-12-13;/h1-6H;1H/i;1+1. The summed E-state index contributed by atoms with van der Waals surface area (Å²) in [5.41, 5.74) is 1.54. The van der Waals surface area contributed by atoms with Crippen molar-refractivity contribution in [3.05, 3.63) is 42.2 Å². The van der Waals surface area contributed by atoms with Gasteiger partial charge in [-0.25, -0.2) is 4.68 Å². The van der Waals surface area contributed by atoms with E-state index in [4.69, 9.17) is 5.26 Å². The maximum absolute atomic E-state index is 8.57. The molecule has 0 aliphatic carbocycles. The first-order valence-electron chi connectivity index (χ1n) is 3.77. The van der Waals surface area contributed by atoms with Crippen LogP contribution in [0.15, 0.2) is 36.7 Å². The Hall–Kier alpha value is -2.15. The molecule has 0 spiro atoms. The van der Waals surface area contributed by atoms with E-state index in [0.717, 1.165) is 5.69 Å². The van der Waals surface area contributed by atoms with Crippen LogP contribution in [-0.4, -0.2) is 15.0 Å². The molecule has 0 aliphatic heterocycles. The van der Waals surface area contributed by atoms with E-state index in [1.54, 1.807) is 29.2 Å². The normalized spacial score (nSPS) is 9.46. The lowest BCUT2D eigenvalue weighted by molar-refractivity contribution is 0.803. The lowest BCUT2D eigenvalue weighted by Gasteiger charge is -1.97. The number of nitriles is 1. The van der Waals surface area contributed by atoms with Crippen LogP contribution in [0, 0.1) is 11.3 Å². The molecule has 1 aromatic carbocycles. The largest absolute Gasteiger partial charge is 0.221 e. The fraction of sp³-hybridized carbons (Fsp3) is 0. The Kier molecular flexibility index (Phi) is 1.77. The van der Waals surface area contributed by atoms with Crippen molar-refractivity contribution in [1.82, 2.24) is 15.0 Å². The van der Waals surface area contributed by atoms with Crippen molar-refractivity contribution >= 4 is 0 Å². The molecule has 2 rings (SSSR count). The van der Waals surface area contributed by atoms with Gasteiger partial charge >= 0.3 is 0 Å². The lowest BCUT2D eigenvalue weighted by atomic mass is 10.2. The van der Waals surface area contributed by atoms with Gasteiger partial charge in [0.25, 0.3) is 0 Å². The van der Waals surface area contributed by atoms with Gasteiger partial charge in [-0.2, -0.15) is 5.26 Å². The Balaban J connectivity index is 0.000000980. The second-order valence-corrected chi connectivity index (χ2v) is 2.51. The van der Waals surface area contributed by atoms with Crippen molar-refractivity contribution in [1.29, 1.82) is 5.26 Å². The molecule has 0 saturated heterocycles. The van der Waals surface area contributed by atoms with E-state index in [1.807, 2.05) is 12.1 Å². The number of hydrogen-bond acceptors (Lipinski definition) is 3. The van der Waals surface area contributed by atoms with Gasteiger partial charge in [-0.1, -0.05) is 5.21 Å². The van der Waals surface area contributed by atoms with E-state index in [2.05, 4.69) is 16.4 Å². The zero-order chi connectivity index (χ0) is 9.10. The van der Waals surface area contributed by atoms with Gasteiger partial charge < -0.3 is 0 Å². The highest BCUT2D eigenvalue weighted by Gasteiger charge is 1.95. The molecule has 0 saturated carbocycles. The van der Waals surface area contributed by atoms with Gasteiger partial charge in [0.15, 0.2) is 0 Å². The van der Waals surface area contributed by atoms with Gasteiger partial charge in [0.1, 0.15) is 0 Å². The van der Waals surface area contributed by atoms with Crippen LogP contribution in [0.2, 0.25) is 0 Å². The van der Waals surface area contributed by atoms with Gasteiger partial charge in [-0.3, -0.25) is 0 Å². The lowest BCUT2D eigenvalue weighted by Crippen LogP contribution is -1.94. The Labute approximate surface area is 76.5 Å². The molecule has 0 aliphatic rings. The third-order valence-corrected chi connectivity index (χ3v) is 1.68. The van der Waals surface area contributed by atoms with Crippen LogP contribution in [0.25, 0.3) is 5.69 Å². The molecule has 1 aromatic heterocycles. The van der Waals surface area contributed by atoms with Gasteiger partial charge in [-0.15, -0.1) is 5.10 Å². The number of aromatic nitrogens is 3. The molecule has 4 nitrogen and oxygen atoms in total. The number of rotatable bonds is 1. The summed E-state index contributed by atoms with van der Waals surface area (Å²) in [5.74, 6) is 0. The molecular formula is C9H8N4. The first-order chi connectivity index (χ1) is 6.40. The van der Waals surface area contributed by atoms with E-state index in [9.17, 15) is 0 Å². The summed E-state index contributed by atoms with van der Waals surface area (Å²) < 4.78 is 1.64. The van der Waals surface area contributed by atoms with Crippen molar-refractivity contribution < 1.29 is 1.43 Å². The minimum Gasteiger partial charge on any atom is -0.221 e. The third-order valence-electron chi connectivity index (χ3n) is 1.68. The van der Waals surface area contributed by atoms with Crippen LogP contribution in [0.3, 0.4) is 0 Å². The topological polar surface area (TPSA) is 54.5 Å². The van der Waals surface area contributed by atoms with E-state index in [-0.39, 0.29) is 1.43 Å². The number of nitrogens with zero attached hydrogens (tertiary/aromatic N) is 4. The van der Waals surface area contributed by atoms with Crippen LogP contribution in [0.1, 0.15) is 6.99 Å². The van der Waals surface area contributed by atoms with Crippen LogP contribution in [-0.2, 0) is 0 Å². The molecule has 4 heteroatoms. The maximum Gasteiger partial charge on any atom is 0.0991 e. The average Bonchev–Trinajstić information content (AvgIpc) is 2.71. The predicted octanol–water partition coefficient (Wildman–Crippen LogP) is 1.38. The van der Waals surface area contributed by atoms with E-state index in [1.165, 1.54) is 0 Å². The van der Waals surface area contributed by atoms with Crippen molar-refractivity contribution in [3.8, 4) is 11.8 Å². The SMILES string of the molecule is N#Cc1ccc(-n2ccnn2)cc1.[2HH]. The van der Waals surface area contributed by atoms with Gasteiger partial charge in [0.2, 0.25) is 0 Å². The second-order valence-electron chi connectivity index (χ2n) is 2.51. The Bertz CT molecular complexity index is 427. The van der Waals surface area contributed by atoms with E-state index >= 15 is 0 Å². The van der Waals surface area contributed by atoms with Crippen LogP contribution < -0.4 is 0 Å². The minimum absolute atomic E-state index is 0. The van der Waals surface area contributed by atoms with Crippen LogP contribution >= 0.6 is 0 Å². The number of benzene rings is 1. The first-order valence-corrected chi connectivity index (χ1v) is 3.77. The Morgan fingerprint density at radius 3 is 2.62 bits per heavy atom. The zero-order valence-corrected chi connectivity index (χ0v) is 6.75. The fourth-order valence-corrected chi connectivity index (χ4v) is 1.03. The molecule has 0 bridgehead atoms. The monoisotopic (exact) mass is 173 g/mol. The minimum atomic E-state index is 0. The zero-order valence-electron chi connectivity index (χ0n) is 6.75. The van der Waals surface area contributed by atoms with Crippen LogP contribution in [0.4, 0.5) is 0 Å². The van der Waals surface area contributed by atoms with Crippen LogP contribution in [0.5, 0.6) is 0 Å². The quantitative estimate of drug-likeness (QED) is 0.654. The van der Waals surface area contributed by atoms with Crippen molar-refractivity contribution in [2.45, 2.75) is 0 Å². The fourth-order valence-electron chi connectivity index (χ4n) is 1.03. The molecule has 1 heterocycles. The molecule has 0 fully saturated rings. The molecular weight excluding hydrogens is 164 g/mol. The van der Waals surface area contributed by atoms with Gasteiger partial charge in [0, 0.05) is 1.43 Å². The predicted molar refractivity (Wildman–Crippen MR) is 48.2 cm³/mol. The number of hydrogen-bond donors (Lipinski definition) is 0. The smallest absolute Gasteiger partial charge is 0.0991 e. The molecule has 2 aromatic rings. The summed E-state index contributed by atoms with van der Waals surface area (Å²) in [7, 11) is 0. The summed E-state index contributed by atoms with van der Waals surface area (Å²) in [6, 6.07) is 9.20. The molecule has 13 heavy (non-hydrogen) atoms. The highest BCUT2D eigenvalue weighted by molar-refractivity contribution is 5.38. The molecule has 64 valence electrons. The highest BCUT2D eigenvalue weighted by atomic mass is 15.4. The summed E-state index contributed by atoms with van der Waals surface area (Å²) in [6.45, 7) is 0. The molecule has 0 unspecified atom stereocenters. The van der Waals surface area contributed by atoms with E-state index in [0.29, 0.717) is 5.56 Å². The van der Waals surface area contributed by atoms with Crippen molar-refractivity contribution in [2.24, 2.45) is 0 Å². The summed E-state index contributed by atoms with van der Waals surface area (Å²) in [5, 5.41) is 16.1. The van der Waals surface area contributed by atoms with E-state index < -0.39 is 0 Å². The third kappa shape index (κ3) is 1.40. The summed E-state index contributed by atoms with van der Waals surface area (Å²) in [4.78, 5) is 0. The summed E-state index contributed by atoms with van der Waals surface area (Å²) in [6.07, 6.45) is 3.36. The first kappa shape index (κ1) is 7.50. The van der Waals surface area contributed by atoms with Gasteiger partial charge in [0.05, 0.1) is 29.7 Å². The van der Waals surface area contributed by atoms with Crippen molar-refractivity contribution in [2.75, 3.05) is 0 Å². The molecule has 0 radical (unpaired) electrons. The second kappa shape index (κ2) is 3.07. The molecule has 0 N–H and O–H groups in total. The Morgan fingerprint density at radius 1 is 1.31 bits per heavy atom. The average molecular weight is 173 g/mol. The maximum atomic E-state index is 8.57. The summed E-state index contributed by atoms with van der Waals surface area (Å²) >= 11 is 0. The molecule has 0 amide bonds. The van der Waals surface area contributed by atoms with Crippen molar-refractivity contribution in [3.63, 3.8) is 0 Å². The highest BCUT2D eigenvalue weighted by Crippen LogP contribution is 2.06. The Morgan fingerprint density at radius 2 is 2.08 bits per heavy atom. The molecule has 0 atom stereocenters. The van der Waals surface area contributed by atoms with Gasteiger partial charge in [-0.05, 0) is 24.3 Å².